The first-order valence-corrected chi connectivity index (χ1v) is 23.5. The lowest BCUT2D eigenvalue weighted by Crippen LogP contribution is -2.64. The molecule has 4 saturated heterocycles. The van der Waals surface area contributed by atoms with Crippen molar-refractivity contribution < 1.29 is 113 Å². The molecular weight excluding hydrogens is 932 g/mol. The van der Waals surface area contributed by atoms with Crippen molar-refractivity contribution in [3.05, 3.63) is 47.6 Å². The van der Waals surface area contributed by atoms with E-state index in [4.69, 9.17) is 47.7 Å². The number of allylic oxidation sites excluding steroid dienone is 5. The Morgan fingerprint density at radius 3 is 1.56 bits per heavy atom. The summed E-state index contributed by atoms with van der Waals surface area (Å²) in [7, 11) is 0. The SMILES string of the molecule is C=C[C@](C)(CC/C=C(\C)CC/C=C(\C)CC/C=C(\C)CO[C@@H]1O[C@H](CO)[C@@H](O[C@@H]2O[C@@H](C)[C@H](O)[C@@H](O)[C@H]2O)[C@H](O)[C@H]1O)O[C@@H]1O[C@H](COC(=O)CC(=O)O)[C@@H](O[C@@H]2O[C@@H](C)[C@H](O)[C@@H](O)[C@H]2O)[C@H](O)[C@H]1O. The highest BCUT2D eigenvalue weighted by molar-refractivity contribution is 5.90. The molecular formula is C47H76O23. The molecule has 21 atom stereocenters. The Bertz CT molecular complexity index is 1760. The first kappa shape index (κ1) is 59.7. The molecule has 0 aromatic carbocycles. The van der Waals surface area contributed by atoms with Gasteiger partial charge in [0.2, 0.25) is 0 Å². The van der Waals surface area contributed by atoms with Crippen LogP contribution in [0.3, 0.4) is 0 Å². The molecule has 12 N–H and O–H groups in total. The number of aliphatic carboxylic acids is 1. The van der Waals surface area contributed by atoms with Crippen LogP contribution in [0.5, 0.6) is 0 Å². The molecule has 0 saturated carbocycles. The topological polar surface area (TPSA) is 360 Å². The van der Waals surface area contributed by atoms with Crippen molar-refractivity contribution in [3.63, 3.8) is 0 Å². The monoisotopic (exact) mass is 1010 g/mol. The van der Waals surface area contributed by atoms with E-state index in [1.165, 1.54) is 19.9 Å². The van der Waals surface area contributed by atoms with Gasteiger partial charge in [0.15, 0.2) is 25.2 Å². The Balaban J connectivity index is 1.23. The lowest BCUT2D eigenvalue weighted by Gasteiger charge is -2.47. The van der Waals surface area contributed by atoms with Crippen LogP contribution >= 0.6 is 0 Å². The minimum absolute atomic E-state index is 0.0488. The van der Waals surface area contributed by atoms with E-state index in [9.17, 15) is 65.8 Å². The van der Waals surface area contributed by atoms with Gasteiger partial charge in [0.25, 0.3) is 0 Å². The second-order valence-electron chi connectivity index (χ2n) is 18.8. The van der Waals surface area contributed by atoms with Crippen LogP contribution in [-0.2, 0) is 52.2 Å². The smallest absolute Gasteiger partial charge is 0.317 e. The molecule has 0 radical (unpaired) electrons. The van der Waals surface area contributed by atoms with Gasteiger partial charge in [-0.1, -0.05) is 41.0 Å². The van der Waals surface area contributed by atoms with Crippen LogP contribution in [0.2, 0.25) is 0 Å². The third kappa shape index (κ3) is 16.3. The molecule has 0 unspecified atom stereocenters. The van der Waals surface area contributed by atoms with Crippen molar-refractivity contribution in [1.82, 2.24) is 0 Å². The molecule has 0 aromatic heterocycles. The summed E-state index contributed by atoms with van der Waals surface area (Å²) < 4.78 is 51.0. The van der Waals surface area contributed by atoms with Crippen LogP contribution in [-0.4, -0.2) is 221 Å². The summed E-state index contributed by atoms with van der Waals surface area (Å²) in [5.74, 6) is -2.57. The highest BCUT2D eigenvalue weighted by atomic mass is 16.8. The van der Waals surface area contributed by atoms with Crippen LogP contribution in [0.15, 0.2) is 47.6 Å². The number of esters is 1. The van der Waals surface area contributed by atoms with E-state index < -0.39 is 160 Å². The fourth-order valence-corrected chi connectivity index (χ4v) is 8.22. The van der Waals surface area contributed by atoms with Crippen LogP contribution in [0.4, 0.5) is 0 Å². The van der Waals surface area contributed by atoms with Gasteiger partial charge in [-0.05, 0) is 80.1 Å². The van der Waals surface area contributed by atoms with Crippen molar-refractivity contribution in [3.8, 4) is 0 Å². The van der Waals surface area contributed by atoms with Crippen LogP contribution in [0.1, 0.15) is 86.5 Å². The van der Waals surface area contributed by atoms with Crippen LogP contribution in [0.25, 0.3) is 0 Å². The Morgan fingerprint density at radius 1 is 0.600 bits per heavy atom. The Morgan fingerprint density at radius 2 is 1.06 bits per heavy atom. The zero-order valence-electron chi connectivity index (χ0n) is 40.5. The number of carboxylic acids is 1. The van der Waals surface area contributed by atoms with E-state index in [0.29, 0.717) is 19.3 Å². The molecule has 4 fully saturated rings. The van der Waals surface area contributed by atoms with Crippen molar-refractivity contribution >= 4 is 11.9 Å². The molecule has 23 nitrogen and oxygen atoms in total. The maximum Gasteiger partial charge on any atom is 0.317 e. The summed E-state index contributed by atoms with van der Waals surface area (Å²) >= 11 is 0. The van der Waals surface area contributed by atoms with E-state index >= 15 is 0 Å². The summed E-state index contributed by atoms with van der Waals surface area (Å²) in [6.45, 7) is 13.1. The standard InChI is InChI=1S/C47H76O23/c1-8-47(7,70-46-40(61)36(57)42(28(67-46)21-62-30(51)18-29(49)50)69-45-38(59)34(55)32(53)26(6)65-45)17-11-16-23(3)13-9-12-22(2)14-10-15-24(4)20-63-43-39(60)35(56)41(27(19-48)66-43)68-44-37(58)33(54)31(52)25(5)64-44/h8,12,15-16,25-28,31-46,48,52-61H,1,9-11,13-14,17-21H2,2-7H3,(H,49,50)/b22-12+,23-16+,24-15+/t25-,26-,27+,28+,31-,32-,33+,34+,35+,36+,37+,38+,39+,40+,41+,42+,43+,44-,45-,46-,47+/m0/s1. The summed E-state index contributed by atoms with van der Waals surface area (Å²) in [4.78, 5) is 23.2. The number of aliphatic hydroxyl groups is 11. The van der Waals surface area contributed by atoms with Crippen molar-refractivity contribution in [2.24, 2.45) is 0 Å². The first-order valence-electron chi connectivity index (χ1n) is 23.5. The molecule has 4 aliphatic rings. The number of aliphatic hydroxyl groups excluding tert-OH is 11. The average Bonchev–Trinajstić information content (AvgIpc) is 3.31. The quantitative estimate of drug-likeness (QED) is 0.0297. The van der Waals surface area contributed by atoms with Gasteiger partial charge in [-0.2, -0.15) is 0 Å². The van der Waals surface area contributed by atoms with Gasteiger partial charge in [0.05, 0.1) is 31.0 Å². The summed E-state index contributed by atoms with van der Waals surface area (Å²) in [6.07, 6.45) is -19.2. The normalized spacial score (nSPS) is 39.8. The molecule has 0 bridgehead atoms. The lowest BCUT2D eigenvalue weighted by atomic mass is 9.95. The molecule has 0 aliphatic carbocycles. The minimum Gasteiger partial charge on any atom is -0.481 e. The Kier molecular flexibility index (Phi) is 23.4. The van der Waals surface area contributed by atoms with E-state index in [0.717, 1.165) is 36.0 Å². The lowest BCUT2D eigenvalue weighted by molar-refractivity contribution is -0.363. The van der Waals surface area contributed by atoms with Gasteiger partial charge in [-0.25, -0.2) is 0 Å². The summed E-state index contributed by atoms with van der Waals surface area (Å²) in [6, 6.07) is 0. The minimum atomic E-state index is -1.80. The molecule has 0 aromatic rings. The van der Waals surface area contributed by atoms with Gasteiger partial charge < -0.3 is 104 Å². The van der Waals surface area contributed by atoms with Gasteiger partial charge in [0.1, 0.15) is 98.5 Å². The third-order valence-electron chi connectivity index (χ3n) is 12.9. The highest BCUT2D eigenvalue weighted by Crippen LogP contribution is 2.34. The number of ether oxygens (including phenoxy) is 9. The number of hydrogen-bond acceptors (Lipinski definition) is 22. The molecule has 402 valence electrons. The second kappa shape index (κ2) is 27.4. The van der Waals surface area contributed by atoms with E-state index in [1.54, 1.807) is 6.92 Å². The highest BCUT2D eigenvalue weighted by Gasteiger charge is 2.53. The molecule has 4 rings (SSSR count). The fourth-order valence-electron chi connectivity index (χ4n) is 8.22. The maximum absolute atomic E-state index is 12.1. The summed E-state index contributed by atoms with van der Waals surface area (Å²) in [5, 5.41) is 124. The summed E-state index contributed by atoms with van der Waals surface area (Å²) in [5.41, 5.74) is 1.96. The van der Waals surface area contributed by atoms with Gasteiger partial charge in [-0.3, -0.25) is 9.59 Å². The molecule has 23 heteroatoms. The van der Waals surface area contributed by atoms with Gasteiger partial charge >= 0.3 is 11.9 Å². The number of carbonyl (C=O) groups excluding carboxylic acids is 1. The van der Waals surface area contributed by atoms with Crippen LogP contribution < -0.4 is 0 Å². The van der Waals surface area contributed by atoms with Crippen molar-refractivity contribution in [2.75, 3.05) is 19.8 Å². The number of carbonyl (C=O) groups is 2. The van der Waals surface area contributed by atoms with Crippen molar-refractivity contribution in [2.45, 2.75) is 215 Å². The number of rotatable bonds is 24. The molecule has 4 aliphatic heterocycles. The number of hydrogen-bond donors (Lipinski definition) is 12. The Labute approximate surface area is 407 Å². The second-order valence-corrected chi connectivity index (χ2v) is 18.8. The zero-order chi connectivity index (χ0) is 52.2. The predicted octanol–water partition coefficient (Wildman–Crippen LogP) is -1.53. The number of carboxylic acid groups (broad SMARTS) is 1. The Hall–Kier alpha value is -2.86. The van der Waals surface area contributed by atoms with E-state index in [2.05, 4.69) is 12.7 Å². The third-order valence-corrected chi connectivity index (χ3v) is 12.9. The molecule has 0 spiro atoms. The van der Waals surface area contributed by atoms with Gasteiger partial charge in [0, 0.05) is 0 Å². The molecule has 4 heterocycles. The fraction of sp³-hybridized carbons (Fsp3) is 0.787. The maximum atomic E-state index is 12.1. The van der Waals surface area contributed by atoms with Crippen LogP contribution in [0, 0.1) is 0 Å². The largest absolute Gasteiger partial charge is 0.481 e. The molecule has 70 heavy (non-hydrogen) atoms. The van der Waals surface area contributed by atoms with E-state index in [1.807, 2.05) is 32.9 Å². The van der Waals surface area contributed by atoms with E-state index in [-0.39, 0.29) is 6.61 Å². The first-order chi connectivity index (χ1) is 32.9. The zero-order valence-corrected chi connectivity index (χ0v) is 40.5. The van der Waals surface area contributed by atoms with Crippen molar-refractivity contribution in [1.29, 1.82) is 0 Å². The predicted molar refractivity (Wildman–Crippen MR) is 241 cm³/mol. The average molecular weight is 1010 g/mol. The molecule has 0 amide bonds. The van der Waals surface area contributed by atoms with Gasteiger partial charge in [-0.15, -0.1) is 6.58 Å².